The van der Waals surface area contributed by atoms with Crippen molar-refractivity contribution in [1.29, 1.82) is 0 Å². The second kappa shape index (κ2) is 8.57. The minimum Gasteiger partial charge on any atom is -0.489 e. The number of aryl methyl sites for hydroxylation is 1. The van der Waals surface area contributed by atoms with Gasteiger partial charge in [-0.2, -0.15) is 0 Å². The molecule has 0 aliphatic carbocycles. The Kier molecular flexibility index (Phi) is 6.44. The highest BCUT2D eigenvalue weighted by molar-refractivity contribution is 5.33. The van der Waals surface area contributed by atoms with Crippen molar-refractivity contribution in [3.63, 3.8) is 0 Å². The molecular weight excluding hydrogens is 272 g/mol. The molecule has 2 aromatic carbocycles. The Morgan fingerprint density at radius 1 is 1.05 bits per heavy atom. The predicted octanol–water partition coefficient (Wildman–Crippen LogP) is 3.23. The second-order valence-electron chi connectivity index (χ2n) is 5.87. The normalized spacial score (nSPS) is 10.9. The van der Waals surface area contributed by atoms with Crippen LogP contribution in [0.15, 0.2) is 48.5 Å². The molecule has 0 unspecified atom stereocenters. The third kappa shape index (κ3) is 5.51. The molecule has 0 aromatic heterocycles. The molecule has 22 heavy (non-hydrogen) atoms. The molecule has 0 aliphatic heterocycles. The van der Waals surface area contributed by atoms with Crippen LogP contribution in [0.5, 0.6) is 5.75 Å². The summed E-state index contributed by atoms with van der Waals surface area (Å²) >= 11 is 0. The van der Waals surface area contributed by atoms with E-state index in [4.69, 9.17) is 4.74 Å². The SMILES string of the molecule is Cc1cccc(COc2ccccc2CNCCN(C)C)c1. The summed E-state index contributed by atoms with van der Waals surface area (Å²) in [6.45, 7) is 5.55. The van der Waals surface area contributed by atoms with E-state index in [0.717, 1.165) is 25.4 Å². The molecule has 0 atom stereocenters. The summed E-state index contributed by atoms with van der Waals surface area (Å²) in [5, 5.41) is 3.46. The topological polar surface area (TPSA) is 24.5 Å². The predicted molar refractivity (Wildman–Crippen MR) is 92.2 cm³/mol. The van der Waals surface area contributed by atoms with Gasteiger partial charge >= 0.3 is 0 Å². The van der Waals surface area contributed by atoms with Crippen LogP contribution in [-0.2, 0) is 13.2 Å². The van der Waals surface area contributed by atoms with Crippen molar-refractivity contribution in [2.45, 2.75) is 20.1 Å². The first kappa shape index (κ1) is 16.5. The Morgan fingerprint density at radius 3 is 2.64 bits per heavy atom. The van der Waals surface area contributed by atoms with Crippen molar-refractivity contribution in [2.75, 3.05) is 27.2 Å². The van der Waals surface area contributed by atoms with Gasteiger partial charge in [0.2, 0.25) is 0 Å². The van der Waals surface area contributed by atoms with E-state index in [0.29, 0.717) is 6.61 Å². The Hall–Kier alpha value is -1.84. The number of nitrogens with zero attached hydrogens (tertiary/aromatic N) is 1. The van der Waals surface area contributed by atoms with Gasteiger partial charge in [-0.3, -0.25) is 0 Å². The Morgan fingerprint density at radius 2 is 1.86 bits per heavy atom. The number of hydrogen-bond donors (Lipinski definition) is 1. The van der Waals surface area contributed by atoms with Crippen molar-refractivity contribution in [1.82, 2.24) is 10.2 Å². The first-order chi connectivity index (χ1) is 10.6. The number of nitrogens with one attached hydrogen (secondary N) is 1. The van der Waals surface area contributed by atoms with Crippen molar-refractivity contribution in [3.8, 4) is 5.75 Å². The van der Waals surface area contributed by atoms with Crippen LogP contribution in [0.25, 0.3) is 0 Å². The molecule has 0 heterocycles. The van der Waals surface area contributed by atoms with Crippen LogP contribution >= 0.6 is 0 Å². The van der Waals surface area contributed by atoms with Gasteiger partial charge in [0.15, 0.2) is 0 Å². The average Bonchev–Trinajstić information content (AvgIpc) is 2.50. The van der Waals surface area contributed by atoms with Gasteiger partial charge in [0.05, 0.1) is 0 Å². The quantitative estimate of drug-likeness (QED) is 0.757. The lowest BCUT2D eigenvalue weighted by Gasteiger charge is -2.14. The zero-order valence-corrected chi connectivity index (χ0v) is 13.8. The molecule has 3 heteroatoms. The lowest BCUT2D eigenvalue weighted by Crippen LogP contribution is -2.26. The number of rotatable bonds is 8. The summed E-state index contributed by atoms with van der Waals surface area (Å²) in [7, 11) is 4.17. The summed E-state index contributed by atoms with van der Waals surface area (Å²) < 4.78 is 6.01. The maximum Gasteiger partial charge on any atom is 0.124 e. The third-order valence-electron chi connectivity index (χ3n) is 3.50. The molecule has 0 radical (unpaired) electrons. The fourth-order valence-corrected chi connectivity index (χ4v) is 2.28. The smallest absolute Gasteiger partial charge is 0.124 e. The first-order valence-corrected chi connectivity index (χ1v) is 7.77. The number of likely N-dealkylation sites (N-methyl/N-ethyl adjacent to an activating group) is 1. The molecule has 2 aromatic rings. The molecule has 0 spiro atoms. The zero-order chi connectivity index (χ0) is 15.8. The van der Waals surface area contributed by atoms with Crippen LogP contribution in [-0.4, -0.2) is 32.1 Å². The molecule has 118 valence electrons. The molecule has 2 rings (SSSR count). The second-order valence-corrected chi connectivity index (χ2v) is 5.87. The highest BCUT2D eigenvalue weighted by atomic mass is 16.5. The minimum atomic E-state index is 0.608. The van der Waals surface area contributed by atoms with Crippen molar-refractivity contribution in [2.24, 2.45) is 0 Å². The van der Waals surface area contributed by atoms with Gasteiger partial charge in [-0.15, -0.1) is 0 Å². The maximum absolute atomic E-state index is 6.01. The summed E-state index contributed by atoms with van der Waals surface area (Å²) in [4.78, 5) is 2.17. The average molecular weight is 298 g/mol. The number of para-hydroxylation sites is 1. The van der Waals surface area contributed by atoms with Crippen LogP contribution in [0.4, 0.5) is 0 Å². The molecule has 0 fully saturated rings. The van der Waals surface area contributed by atoms with E-state index >= 15 is 0 Å². The molecular formula is C19H26N2O. The van der Waals surface area contributed by atoms with E-state index in [2.05, 4.69) is 67.6 Å². The summed E-state index contributed by atoms with van der Waals surface area (Å²) in [6, 6.07) is 16.7. The third-order valence-corrected chi connectivity index (χ3v) is 3.50. The minimum absolute atomic E-state index is 0.608. The molecule has 0 aliphatic rings. The van der Waals surface area contributed by atoms with Gasteiger partial charge in [-0.05, 0) is 32.6 Å². The molecule has 0 amide bonds. The number of hydrogen-bond acceptors (Lipinski definition) is 3. The van der Waals surface area contributed by atoms with Gasteiger partial charge < -0.3 is 15.0 Å². The van der Waals surface area contributed by atoms with E-state index in [1.807, 2.05) is 12.1 Å². The van der Waals surface area contributed by atoms with Crippen molar-refractivity contribution < 1.29 is 4.74 Å². The lowest BCUT2D eigenvalue weighted by molar-refractivity contribution is 0.301. The number of ether oxygens (including phenoxy) is 1. The van der Waals surface area contributed by atoms with Crippen LogP contribution in [0.2, 0.25) is 0 Å². The largest absolute Gasteiger partial charge is 0.489 e. The fraction of sp³-hybridized carbons (Fsp3) is 0.368. The van der Waals surface area contributed by atoms with E-state index < -0.39 is 0 Å². The molecule has 0 saturated heterocycles. The summed E-state index contributed by atoms with van der Waals surface area (Å²) in [5.41, 5.74) is 3.67. The fourth-order valence-electron chi connectivity index (χ4n) is 2.28. The standard InChI is InChI=1S/C19H26N2O/c1-16-7-6-8-17(13-16)15-22-19-10-5-4-9-18(19)14-20-11-12-21(2)3/h4-10,13,20H,11-12,14-15H2,1-3H3. The van der Waals surface area contributed by atoms with Gasteiger partial charge in [0.1, 0.15) is 12.4 Å². The van der Waals surface area contributed by atoms with Gasteiger partial charge in [-0.1, -0.05) is 48.0 Å². The monoisotopic (exact) mass is 298 g/mol. The van der Waals surface area contributed by atoms with E-state index in [1.54, 1.807) is 0 Å². The Balaban J connectivity index is 1.90. The van der Waals surface area contributed by atoms with Crippen LogP contribution in [0.1, 0.15) is 16.7 Å². The number of benzene rings is 2. The van der Waals surface area contributed by atoms with Crippen LogP contribution in [0, 0.1) is 6.92 Å². The lowest BCUT2D eigenvalue weighted by atomic mass is 10.1. The summed E-state index contributed by atoms with van der Waals surface area (Å²) in [5.74, 6) is 0.960. The molecule has 0 saturated carbocycles. The zero-order valence-electron chi connectivity index (χ0n) is 13.8. The molecule has 3 nitrogen and oxygen atoms in total. The van der Waals surface area contributed by atoms with E-state index in [1.165, 1.54) is 16.7 Å². The summed E-state index contributed by atoms with van der Waals surface area (Å²) in [6.07, 6.45) is 0. The Bertz CT molecular complexity index is 581. The van der Waals surface area contributed by atoms with Crippen LogP contribution in [0.3, 0.4) is 0 Å². The maximum atomic E-state index is 6.01. The van der Waals surface area contributed by atoms with Gasteiger partial charge in [0, 0.05) is 25.2 Å². The Labute approximate surface area is 133 Å². The highest BCUT2D eigenvalue weighted by Crippen LogP contribution is 2.19. The highest BCUT2D eigenvalue weighted by Gasteiger charge is 2.03. The first-order valence-electron chi connectivity index (χ1n) is 7.77. The van der Waals surface area contributed by atoms with Crippen LogP contribution < -0.4 is 10.1 Å². The van der Waals surface area contributed by atoms with Gasteiger partial charge in [-0.25, -0.2) is 0 Å². The molecule has 0 bridgehead atoms. The van der Waals surface area contributed by atoms with Crippen molar-refractivity contribution in [3.05, 3.63) is 65.2 Å². The van der Waals surface area contributed by atoms with Crippen molar-refractivity contribution >= 4 is 0 Å². The van der Waals surface area contributed by atoms with Gasteiger partial charge in [0.25, 0.3) is 0 Å². The molecule has 1 N–H and O–H groups in total. The van der Waals surface area contributed by atoms with E-state index in [-0.39, 0.29) is 0 Å². The van der Waals surface area contributed by atoms with E-state index in [9.17, 15) is 0 Å².